The molecule has 12 heavy (non-hydrogen) atoms. The molecule has 0 unspecified atom stereocenters. The van der Waals surface area contributed by atoms with Gasteiger partial charge in [-0.15, -0.1) is 0 Å². The van der Waals surface area contributed by atoms with Gasteiger partial charge in [-0.2, -0.15) is 0 Å². The minimum Gasteiger partial charge on any atom is -0.393 e. The molecule has 1 rings (SSSR count). The molecular weight excluding hydrogens is 148 g/mol. The highest BCUT2D eigenvalue weighted by Crippen LogP contribution is 2.39. The van der Waals surface area contributed by atoms with Crippen LogP contribution in [-0.2, 0) is 0 Å². The number of rotatable bonds is 0. The Balaban J connectivity index is 2.51. The fourth-order valence-electron chi connectivity index (χ4n) is 2.08. The molecule has 0 bridgehead atoms. The SMILES string of the molecule is C[C@@H]1CC[C@@H](C(C)(C)C)C[C@H]1O. The maximum absolute atomic E-state index is 9.71. The minimum absolute atomic E-state index is 0.0528. The molecule has 0 heterocycles. The lowest BCUT2D eigenvalue weighted by Crippen LogP contribution is -2.33. The van der Waals surface area contributed by atoms with Gasteiger partial charge in [0.15, 0.2) is 0 Å². The van der Waals surface area contributed by atoms with Crippen LogP contribution in [0.2, 0.25) is 0 Å². The second-order valence-corrected chi connectivity index (χ2v) is 5.42. The van der Waals surface area contributed by atoms with Gasteiger partial charge >= 0.3 is 0 Å². The first-order valence-electron chi connectivity index (χ1n) is 5.09. The molecule has 1 aliphatic carbocycles. The maximum atomic E-state index is 9.71. The van der Waals surface area contributed by atoms with Gasteiger partial charge in [-0.05, 0) is 36.5 Å². The molecule has 0 aromatic carbocycles. The molecule has 0 amide bonds. The smallest absolute Gasteiger partial charge is 0.0568 e. The molecule has 1 saturated carbocycles. The average molecular weight is 170 g/mol. The van der Waals surface area contributed by atoms with Crippen LogP contribution in [0.1, 0.15) is 47.0 Å². The summed E-state index contributed by atoms with van der Waals surface area (Å²) in [5.41, 5.74) is 0.376. The van der Waals surface area contributed by atoms with E-state index in [1.807, 2.05) is 0 Å². The Kier molecular flexibility index (Phi) is 2.82. The molecule has 72 valence electrons. The Morgan fingerprint density at radius 1 is 1.17 bits per heavy atom. The van der Waals surface area contributed by atoms with Crippen LogP contribution >= 0.6 is 0 Å². The first-order valence-corrected chi connectivity index (χ1v) is 5.09. The van der Waals surface area contributed by atoms with Crippen LogP contribution in [0.5, 0.6) is 0 Å². The summed E-state index contributed by atoms with van der Waals surface area (Å²) in [5.74, 6) is 1.23. The van der Waals surface area contributed by atoms with Crippen LogP contribution in [0.3, 0.4) is 0 Å². The van der Waals surface area contributed by atoms with E-state index in [0.717, 1.165) is 6.42 Å². The van der Waals surface area contributed by atoms with Gasteiger partial charge in [-0.1, -0.05) is 27.7 Å². The molecule has 0 aromatic rings. The predicted molar refractivity (Wildman–Crippen MR) is 52.0 cm³/mol. The summed E-state index contributed by atoms with van der Waals surface area (Å²) in [6, 6.07) is 0. The third-order valence-corrected chi connectivity index (χ3v) is 3.38. The van der Waals surface area contributed by atoms with E-state index in [1.54, 1.807) is 0 Å². The molecule has 1 heteroatoms. The normalized spacial score (nSPS) is 38.2. The lowest BCUT2D eigenvalue weighted by molar-refractivity contribution is 0.0202. The Hall–Kier alpha value is -0.0400. The van der Waals surface area contributed by atoms with Crippen molar-refractivity contribution in [1.29, 1.82) is 0 Å². The Labute approximate surface area is 76.2 Å². The first-order chi connectivity index (χ1) is 5.41. The Bertz CT molecular complexity index is 146. The molecule has 1 fully saturated rings. The van der Waals surface area contributed by atoms with Gasteiger partial charge in [0.05, 0.1) is 6.10 Å². The van der Waals surface area contributed by atoms with Gasteiger partial charge in [0.25, 0.3) is 0 Å². The van der Waals surface area contributed by atoms with Crippen LogP contribution in [0.4, 0.5) is 0 Å². The number of hydrogen-bond donors (Lipinski definition) is 1. The summed E-state index contributed by atoms with van der Waals surface area (Å²) in [6.07, 6.45) is 3.44. The van der Waals surface area contributed by atoms with Crippen molar-refractivity contribution in [1.82, 2.24) is 0 Å². The van der Waals surface area contributed by atoms with Crippen LogP contribution in [0, 0.1) is 17.3 Å². The summed E-state index contributed by atoms with van der Waals surface area (Å²) < 4.78 is 0. The highest BCUT2D eigenvalue weighted by Gasteiger charge is 2.32. The quantitative estimate of drug-likeness (QED) is 0.592. The van der Waals surface area contributed by atoms with Gasteiger partial charge in [-0.25, -0.2) is 0 Å². The molecule has 0 radical (unpaired) electrons. The molecule has 0 saturated heterocycles. The van der Waals surface area contributed by atoms with Gasteiger partial charge in [0.2, 0.25) is 0 Å². The molecule has 3 atom stereocenters. The maximum Gasteiger partial charge on any atom is 0.0568 e. The van der Waals surface area contributed by atoms with E-state index in [4.69, 9.17) is 0 Å². The van der Waals surface area contributed by atoms with Crippen molar-refractivity contribution < 1.29 is 5.11 Å². The summed E-state index contributed by atoms with van der Waals surface area (Å²) in [6.45, 7) is 8.99. The average Bonchev–Trinajstić information content (AvgIpc) is 1.92. The van der Waals surface area contributed by atoms with Gasteiger partial charge in [0, 0.05) is 0 Å². The Morgan fingerprint density at radius 3 is 2.17 bits per heavy atom. The topological polar surface area (TPSA) is 20.2 Å². The van der Waals surface area contributed by atoms with E-state index >= 15 is 0 Å². The first kappa shape index (κ1) is 10.0. The third kappa shape index (κ3) is 2.22. The zero-order chi connectivity index (χ0) is 9.35. The van der Waals surface area contributed by atoms with E-state index in [9.17, 15) is 5.11 Å². The molecule has 0 spiro atoms. The van der Waals surface area contributed by atoms with Crippen molar-refractivity contribution in [2.45, 2.75) is 53.1 Å². The number of aliphatic hydroxyl groups excluding tert-OH is 1. The van der Waals surface area contributed by atoms with Crippen molar-refractivity contribution in [2.24, 2.45) is 17.3 Å². The second-order valence-electron chi connectivity index (χ2n) is 5.42. The van der Waals surface area contributed by atoms with Crippen molar-refractivity contribution in [3.8, 4) is 0 Å². The fourth-order valence-corrected chi connectivity index (χ4v) is 2.08. The van der Waals surface area contributed by atoms with Crippen molar-refractivity contribution in [3.05, 3.63) is 0 Å². The molecule has 1 nitrogen and oxygen atoms in total. The van der Waals surface area contributed by atoms with E-state index in [0.29, 0.717) is 17.3 Å². The summed E-state index contributed by atoms with van der Waals surface area (Å²) in [5, 5.41) is 9.71. The van der Waals surface area contributed by atoms with E-state index in [1.165, 1.54) is 12.8 Å². The summed E-state index contributed by atoms with van der Waals surface area (Å²) in [7, 11) is 0. The number of aliphatic hydroxyl groups is 1. The van der Waals surface area contributed by atoms with E-state index in [-0.39, 0.29) is 6.10 Å². The van der Waals surface area contributed by atoms with E-state index < -0.39 is 0 Å². The summed E-state index contributed by atoms with van der Waals surface area (Å²) in [4.78, 5) is 0. The van der Waals surface area contributed by atoms with Gasteiger partial charge < -0.3 is 5.11 Å². The number of hydrogen-bond acceptors (Lipinski definition) is 1. The van der Waals surface area contributed by atoms with Gasteiger partial charge in [-0.3, -0.25) is 0 Å². The predicted octanol–water partition coefficient (Wildman–Crippen LogP) is 2.83. The third-order valence-electron chi connectivity index (χ3n) is 3.38. The van der Waals surface area contributed by atoms with Crippen LogP contribution in [0.15, 0.2) is 0 Å². The molecular formula is C11H22O. The van der Waals surface area contributed by atoms with Crippen molar-refractivity contribution in [2.75, 3.05) is 0 Å². The highest BCUT2D eigenvalue weighted by atomic mass is 16.3. The molecule has 0 aromatic heterocycles. The van der Waals surface area contributed by atoms with Crippen LogP contribution in [-0.4, -0.2) is 11.2 Å². The zero-order valence-electron chi connectivity index (χ0n) is 8.80. The van der Waals surface area contributed by atoms with Crippen LogP contribution < -0.4 is 0 Å². The lowest BCUT2D eigenvalue weighted by Gasteiger charge is -2.38. The largest absolute Gasteiger partial charge is 0.393 e. The summed E-state index contributed by atoms with van der Waals surface area (Å²) >= 11 is 0. The highest BCUT2D eigenvalue weighted by molar-refractivity contribution is 4.83. The monoisotopic (exact) mass is 170 g/mol. The van der Waals surface area contributed by atoms with E-state index in [2.05, 4.69) is 27.7 Å². The van der Waals surface area contributed by atoms with Crippen molar-refractivity contribution in [3.63, 3.8) is 0 Å². The standard InChI is InChI=1S/C11H22O/c1-8-5-6-9(7-10(8)12)11(2,3)4/h8-10,12H,5-7H2,1-4H3/t8-,9-,10-/m1/s1. The fraction of sp³-hybridized carbons (Fsp3) is 1.00. The van der Waals surface area contributed by atoms with Gasteiger partial charge in [0.1, 0.15) is 0 Å². The Morgan fingerprint density at radius 2 is 1.75 bits per heavy atom. The van der Waals surface area contributed by atoms with Crippen LogP contribution in [0.25, 0.3) is 0 Å². The lowest BCUT2D eigenvalue weighted by atomic mass is 9.69. The van der Waals surface area contributed by atoms with Crippen molar-refractivity contribution >= 4 is 0 Å². The molecule has 1 N–H and O–H groups in total. The molecule has 0 aliphatic heterocycles. The second kappa shape index (κ2) is 3.37. The zero-order valence-corrected chi connectivity index (χ0v) is 8.80. The minimum atomic E-state index is -0.0528. The molecule has 1 aliphatic rings.